The molecular formula is C16H15N3O2S. The minimum absolute atomic E-state index is 0.228. The smallest absolute Gasteiger partial charge is 0.243 e. The van der Waals surface area contributed by atoms with Gasteiger partial charge in [-0.15, -0.1) is 11.3 Å². The van der Waals surface area contributed by atoms with E-state index in [9.17, 15) is 4.79 Å². The molecule has 0 aliphatic heterocycles. The van der Waals surface area contributed by atoms with Crippen LogP contribution in [0.3, 0.4) is 0 Å². The van der Waals surface area contributed by atoms with E-state index in [1.54, 1.807) is 5.48 Å². The molecule has 0 saturated carbocycles. The topological polar surface area (TPSA) is 78.0 Å². The highest BCUT2D eigenvalue weighted by Crippen LogP contribution is 2.21. The van der Waals surface area contributed by atoms with Crippen LogP contribution in [-0.2, 0) is 11.2 Å². The van der Waals surface area contributed by atoms with Crippen molar-refractivity contribution in [2.24, 2.45) is 0 Å². The Morgan fingerprint density at radius 1 is 1.36 bits per heavy atom. The van der Waals surface area contributed by atoms with Crippen LogP contribution in [0.1, 0.15) is 22.7 Å². The van der Waals surface area contributed by atoms with Crippen molar-refractivity contribution in [3.8, 4) is 0 Å². The third kappa shape index (κ3) is 3.24. The number of benzene rings is 1. The number of H-pyrrole nitrogens is 1. The zero-order chi connectivity index (χ0) is 15.4. The van der Waals surface area contributed by atoms with Gasteiger partial charge >= 0.3 is 0 Å². The predicted octanol–water partition coefficient (Wildman–Crippen LogP) is 3.23. The SMILES string of the molecule is O=C(CCc1csc(/C=C/c2c[nH]c3ccccc23)n1)NO. The number of aromatic amines is 1. The molecule has 0 saturated heterocycles. The molecule has 1 aromatic carbocycles. The molecule has 0 aliphatic carbocycles. The zero-order valence-electron chi connectivity index (χ0n) is 11.7. The van der Waals surface area contributed by atoms with Crippen molar-refractivity contribution in [3.05, 3.63) is 52.1 Å². The lowest BCUT2D eigenvalue weighted by Gasteiger charge is -1.95. The standard InChI is InChI=1S/C16H15N3O2S/c20-15(19-21)7-6-12-10-22-16(18-12)8-5-11-9-17-14-4-2-1-3-13(11)14/h1-5,8-10,17,21H,6-7H2,(H,19,20)/b8-5+. The van der Waals surface area contributed by atoms with Gasteiger partial charge in [0.15, 0.2) is 0 Å². The summed E-state index contributed by atoms with van der Waals surface area (Å²) in [5.41, 5.74) is 4.70. The van der Waals surface area contributed by atoms with Crippen LogP contribution in [0.15, 0.2) is 35.8 Å². The first-order valence-electron chi connectivity index (χ1n) is 6.88. The Bertz CT molecular complexity index is 820. The van der Waals surface area contributed by atoms with Gasteiger partial charge in [0.25, 0.3) is 0 Å². The molecule has 0 atom stereocenters. The van der Waals surface area contributed by atoms with Crippen molar-refractivity contribution >= 4 is 40.3 Å². The average molecular weight is 313 g/mol. The number of para-hydroxylation sites is 1. The van der Waals surface area contributed by atoms with E-state index in [2.05, 4.69) is 16.0 Å². The summed E-state index contributed by atoms with van der Waals surface area (Å²) in [6, 6.07) is 8.13. The monoisotopic (exact) mass is 313 g/mol. The fourth-order valence-electron chi connectivity index (χ4n) is 2.20. The van der Waals surface area contributed by atoms with Gasteiger partial charge in [0.1, 0.15) is 5.01 Å². The van der Waals surface area contributed by atoms with Gasteiger partial charge in [-0.2, -0.15) is 0 Å². The summed E-state index contributed by atoms with van der Waals surface area (Å²) in [7, 11) is 0. The van der Waals surface area contributed by atoms with Gasteiger partial charge in [-0.25, -0.2) is 10.5 Å². The van der Waals surface area contributed by atoms with Crippen molar-refractivity contribution < 1.29 is 10.0 Å². The summed E-state index contributed by atoms with van der Waals surface area (Å²) in [5.74, 6) is -0.399. The third-order valence-corrected chi connectivity index (χ3v) is 4.19. The summed E-state index contributed by atoms with van der Waals surface area (Å²) in [4.78, 5) is 18.7. The van der Waals surface area contributed by atoms with Crippen LogP contribution >= 0.6 is 11.3 Å². The van der Waals surface area contributed by atoms with Crippen molar-refractivity contribution in [3.63, 3.8) is 0 Å². The maximum atomic E-state index is 11.0. The quantitative estimate of drug-likeness (QED) is 0.500. The summed E-state index contributed by atoms with van der Waals surface area (Å²) in [6.07, 6.45) is 6.72. The highest BCUT2D eigenvalue weighted by molar-refractivity contribution is 7.10. The van der Waals surface area contributed by atoms with E-state index in [1.807, 2.05) is 41.9 Å². The van der Waals surface area contributed by atoms with Gasteiger partial charge < -0.3 is 4.98 Å². The molecule has 0 bridgehead atoms. The van der Waals surface area contributed by atoms with Crippen LogP contribution < -0.4 is 5.48 Å². The van der Waals surface area contributed by atoms with Crippen LogP contribution in [0.4, 0.5) is 0 Å². The number of hydrogen-bond acceptors (Lipinski definition) is 4. The molecular weight excluding hydrogens is 298 g/mol. The van der Waals surface area contributed by atoms with Crippen LogP contribution in [-0.4, -0.2) is 21.1 Å². The first-order valence-corrected chi connectivity index (χ1v) is 7.76. The average Bonchev–Trinajstić information content (AvgIpc) is 3.17. The molecule has 0 aliphatic rings. The van der Waals surface area contributed by atoms with Gasteiger partial charge in [0.05, 0.1) is 5.69 Å². The van der Waals surface area contributed by atoms with Gasteiger partial charge in [-0.05, 0) is 30.2 Å². The minimum Gasteiger partial charge on any atom is -0.361 e. The lowest BCUT2D eigenvalue weighted by molar-refractivity contribution is -0.129. The fraction of sp³-hybridized carbons (Fsp3) is 0.125. The van der Waals surface area contributed by atoms with Crippen molar-refractivity contribution in [1.29, 1.82) is 0 Å². The van der Waals surface area contributed by atoms with Crippen LogP contribution in [0.5, 0.6) is 0 Å². The van der Waals surface area contributed by atoms with Crippen LogP contribution in [0.2, 0.25) is 0 Å². The number of rotatable bonds is 5. The number of nitrogens with zero attached hydrogens (tertiary/aromatic N) is 1. The number of fused-ring (bicyclic) bond motifs is 1. The molecule has 6 heteroatoms. The second-order valence-corrected chi connectivity index (χ2v) is 5.72. The number of nitrogens with one attached hydrogen (secondary N) is 2. The largest absolute Gasteiger partial charge is 0.361 e. The molecule has 2 aromatic heterocycles. The van der Waals surface area contributed by atoms with Crippen molar-refractivity contribution in [2.45, 2.75) is 12.8 Å². The molecule has 2 heterocycles. The molecule has 0 unspecified atom stereocenters. The number of thiazole rings is 1. The van der Waals surface area contributed by atoms with Crippen LogP contribution in [0.25, 0.3) is 23.1 Å². The Labute approximate surface area is 131 Å². The maximum Gasteiger partial charge on any atom is 0.243 e. The Hall–Kier alpha value is -2.44. The number of hydroxylamine groups is 1. The van der Waals surface area contributed by atoms with Crippen LogP contribution in [0, 0.1) is 0 Å². The number of aryl methyl sites for hydroxylation is 1. The van der Waals surface area contributed by atoms with Crippen molar-refractivity contribution in [1.82, 2.24) is 15.4 Å². The van der Waals surface area contributed by atoms with E-state index in [1.165, 1.54) is 16.7 Å². The van der Waals surface area contributed by atoms with Gasteiger partial charge in [0.2, 0.25) is 5.91 Å². The normalized spacial score (nSPS) is 11.3. The highest BCUT2D eigenvalue weighted by atomic mass is 32.1. The molecule has 22 heavy (non-hydrogen) atoms. The fourth-order valence-corrected chi connectivity index (χ4v) is 2.95. The summed E-state index contributed by atoms with van der Waals surface area (Å²) in [6.45, 7) is 0. The maximum absolute atomic E-state index is 11.0. The first kappa shape index (κ1) is 14.5. The Balaban J connectivity index is 1.70. The molecule has 3 aromatic rings. The highest BCUT2D eigenvalue weighted by Gasteiger charge is 2.04. The zero-order valence-corrected chi connectivity index (χ0v) is 12.6. The second-order valence-electron chi connectivity index (χ2n) is 4.83. The van der Waals surface area contributed by atoms with E-state index >= 15 is 0 Å². The summed E-state index contributed by atoms with van der Waals surface area (Å²) >= 11 is 1.53. The Kier molecular flexibility index (Phi) is 4.32. The van der Waals surface area contributed by atoms with E-state index in [0.717, 1.165) is 21.8 Å². The predicted molar refractivity (Wildman–Crippen MR) is 87.6 cm³/mol. The van der Waals surface area contributed by atoms with Gasteiger partial charge in [-0.1, -0.05) is 18.2 Å². The van der Waals surface area contributed by atoms with E-state index in [0.29, 0.717) is 6.42 Å². The molecule has 0 fully saturated rings. The molecule has 1 amide bonds. The number of carbonyl (C=O) groups is 1. The first-order chi connectivity index (χ1) is 10.8. The van der Waals surface area contributed by atoms with Crippen molar-refractivity contribution in [2.75, 3.05) is 0 Å². The Morgan fingerprint density at radius 2 is 2.23 bits per heavy atom. The molecule has 0 radical (unpaired) electrons. The molecule has 3 N–H and O–H groups in total. The van der Waals surface area contributed by atoms with E-state index < -0.39 is 5.91 Å². The number of amides is 1. The lowest BCUT2D eigenvalue weighted by atomic mass is 10.1. The van der Waals surface area contributed by atoms with E-state index in [-0.39, 0.29) is 6.42 Å². The summed E-state index contributed by atoms with van der Waals surface area (Å²) in [5, 5.41) is 12.5. The number of carbonyl (C=O) groups excluding carboxylic acids is 1. The van der Waals surface area contributed by atoms with Gasteiger partial charge in [-0.3, -0.25) is 10.0 Å². The molecule has 0 spiro atoms. The molecule has 3 rings (SSSR count). The summed E-state index contributed by atoms with van der Waals surface area (Å²) < 4.78 is 0. The van der Waals surface area contributed by atoms with Gasteiger partial charge in [0, 0.05) is 28.9 Å². The van der Waals surface area contributed by atoms with E-state index in [4.69, 9.17) is 5.21 Å². The Morgan fingerprint density at radius 3 is 3.09 bits per heavy atom. The second kappa shape index (κ2) is 6.55. The minimum atomic E-state index is -0.399. The lowest BCUT2D eigenvalue weighted by Crippen LogP contribution is -2.18. The molecule has 5 nitrogen and oxygen atoms in total. The number of hydrogen-bond donors (Lipinski definition) is 3. The molecule has 112 valence electrons. The number of aromatic nitrogens is 2. The third-order valence-electron chi connectivity index (χ3n) is 3.33.